The summed E-state index contributed by atoms with van der Waals surface area (Å²) in [5.74, 6) is -4.36. The summed E-state index contributed by atoms with van der Waals surface area (Å²) in [6.45, 7) is 29.3. The van der Waals surface area contributed by atoms with E-state index in [9.17, 15) is 57.5 Å². The lowest BCUT2D eigenvalue weighted by molar-refractivity contribution is 0.0472. The number of hydrogen-bond acceptors (Lipinski definition) is 16. The van der Waals surface area contributed by atoms with Gasteiger partial charge in [-0.3, -0.25) is 62.4 Å². The number of aryl methyl sites for hydroxylation is 2. The zero-order chi connectivity index (χ0) is 92.4. The van der Waals surface area contributed by atoms with E-state index in [2.05, 4.69) is 149 Å². The summed E-state index contributed by atoms with van der Waals surface area (Å²) in [6, 6.07) is 61.9. The molecule has 24 nitrogen and oxygen atoms in total. The largest absolute Gasteiger partial charge is 0.420 e. The molecule has 0 saturated carbocycles. The van der Waals surface area contributed by atoms with Crippen molar-refractivity contribution < 1.29 is 75.2 Å². The van der Waals surface area contributed by atoms with Gasteiger partial charge in [-0.15, -0.1) is 0 Å². The Morgan fingerprint density at radius 3 is 1.03 bits per heavy atom. The third kappa shape index (κ3) is 18.6. The highest BCUT2D eigenvalue weighted by molar-refractivity contribution is 6.85. The number of nitrogens with zero attached hydrogens (tertiary/aromatic N) is 4. The van der Waals surface area contributed by atoms with E-state index < -0.39 is 62.4 Å². The number of imide groups is 4. The molecule has 0 atom stereocenters. The van der Waals surface area contributed by atoms with E-state index in [4.69, 9.17) is 17.7 Å². The first-order valence-electron chi connectivity index (χ1n) is 41.2. The smallest absolute Gasteiger partial charge is 0.266 e. The molecule has 12 amide bonds. The highest BCUT2D eigenvalue weighted by Gasteiger charge is 2.48. The van der Waals surface area contributed by atoms with Crippen molar-refractivity contribution in [2.45, 2.75) is 117 Å². The zero-order valence-corrected chi connectivity index (χ0v) is 79.4. The summed E-state index contributed by atoms with van der Waals surface area (Å²) >= 11 is 0. The Morgan fingerprint density at radius 2 is 0.643 bits per heavy atom. The van der Waals surface area contributed by atoms with E-state index in [-0.39, 0.29) is 74.5 Å². The fraction of sp³-hybridized carbons (Fsp3) is 0.265. The van der Waals surface area contributed by atoms with Crippen molar-refractivity contribution in [1.29, 1.82) is 0 Å². The van der Waals surface area contributed by atoms with Crippen LogP contribution in [-0.4, -0.2) is 166 Å². The first-order chi connectivity index (χ1) is 59.4. The Hall–Kier alpha value is -12.7. The molecule has 652 valence electrons. The van der Waals surface area contributed by atoms with Gasteiger partial charge in [0, 0.05) is 83.9 Å². The van der Waals surface area contributed by atoms with Gasteiger partial charge < -0.3 is 39.0 Å². The highest BCUT2D eigenvalue weighted by atomic mass is 28.4. The summed E-state index contributed by atoms with van der Waals surface area (Å²) in [7, 11) is 5.34. The average molecular weight is 1770 g/mol. The number of fused-ring (bicyclic) bond motifs is 4. The Kier molecular flexibility index (Phi) is 27.8. The second-order valence-electron chi connectivity index (χ2n) is 34.3. The van der Waals surface area contributed by atoms with E-state index in [1.807, 2.05) is 75.4 Å². The summed E-state index contributed by atoms with van der Waals surface area (Å²) < 4.78 is 22.9. The van der Waals surface area contributed by atoms with Gasteiger partial charge in [0.2, 0.25) is 25.0 Å². The molecular weight excluding hydrogens is 1660 g/mol. The minimum atomic E-state index is -2.04. The molecule has 0 saturated heterocycles. The van der Waals surface area contributed by atoms with Crippen LogP contribution in [0.2, 0.25) is 52.4 Å². The minimum absolute atomic E-state index is 0.182. The maximum atomic E-state index is 13.3. The molecule has 0 unspecified atom stereocenters. The van der Waals surface area contributed by atoms with E-state index in [1.54, 1.807) is 89.1 Å². The predicted octanol–water partition coefficient (Wildman–Crippen LogP) is 13.8. The fourth-order valence-electron chi connectivity index (χ4n) is 15.5. The second kappa shape index (κ2) is 37.3. The fourth-order valence-corrected chi connectivity index (χ4v) is 21.0. The summed E-state index contributed by atoms with van der Waals surface area (Å²) in [6.07, 6.45) is 1.49. The molecule has 0 fully saturated rings. The van der Waals surface area contributed by atoms with Crippen LogP contribution in [0.5, 0.6) is 0 Å². The number of carbonyl (C=O) groups excluding carboxylic acids is 12. The van der Waals surface area contributed by atoms with Crippen LogP contribution in [0.4, 0.5) is 17.1 Å². The van der Waals surface area contributed by atoms with Gasteiger partial charge in [-0.1, -0.05) is 117 Å². The van der Waals surface area contributed by atoms with Gasteiger partial charge in [-0.25, -0.2) is 14.7 Å². The highest BCUT2D eigenvalue weighted by Crippen LogP contribution is 2.42. The van der Waals surface area contributed by atoms with Crippen LogP contribution in [0, 0.1) is 13.8 Å². The van der Waals surface area contributed by atoms with Crippen LogP contribution in [0.15, 0.2) is 206 Å². The summed E-state index contributed by atoms with van der Waals surface area (Å²) in [5, 5.41) is 13.6. The van der Waals surface area contributed by atoms with Crippen molar-refractivity contribution in [3.8, 4) is 0 Å². The third-order valence-corrected chi connectivity index (χ3v) is 37.5. The molecule has 0 bridgehead atoms. The molecule has 28 heteroatoms. The molecule has 126 heavy (non-hydrogen) atoms. The van der Waals surface area contributed by atoms with Gasteiger partial charge in [-0.2, -0.15) is 0 Å². The maximum Gasteiger partial charge on any atom is 0.266 e. The van der Waals surface area contributed by atoms with Crippen LogP contribution in [-0.2, 0) is 41.1 Å². The van der Waals surface area contributed by atoms with Gasteiger partial charge in [0.1, 0.15) is 0 Å². The molecule has 4 aliphatic heterocycles. The van der Waals surface area contributed by atoms with Crippen molar-refractivity contribution in [1.82, 2.24) is 26.2 Å². The van der Waals surface area contributed by atoms with Crippen LogP contribution in [0.25, 0.3) is 0 Å². The van der Waals surface area contributed by atoms with Crippen LogP contribution >= 0.6 is 0 Å². The number of nitrogens with one attached hydrogen (secondary N) is 4. The Balaban J connectivity index is 0.000000164. The molecule has 0 radical (unpaired) electrons. The second-order valence-corrected chi connectivity index (χ2v) is 51.0. The van der Waals surface area contributed by atoms with Gasteiger partial charge >= 0.3 is 0 Å². The van der Waals surface area contributed by atoms with E-state index >= 15 is 0 Å². The number of benzene rings is 10. The third-order valence-electron chi connectivity index (χ3n) is 24.8. The maximum absolute atomic E-state index is 13.3. The lowest BCUT2D eigenvalue weighted by Gasteiger charge is -2.40. The monoisotopic (exact) mass is 1760 g/mol. The van der Waals surface area contributed by atoms with Gasteiger partial charge in [0.25, 0.3) is 70.9 Å². The van der Waals surface area contributed by atoms with Crippen LogP contribution < -0.4 is 51.5 Å². The number of rotatable bonds is 22. The Bertz CT molecular complexity index is 6060. The van der Waals surface area contributed by atoms with E-state index in [0.717, 1.165) is 55.6 Å². The topological polar surface area (TPSA) is 303 Å². The number of anilines is 3. The molecule has 10 aromatic rings. The van der Waals surface area contributed by atoms with Crippen molar-refractivity contribution in [3.63, 3.8) is 0 Å². The Labute approximate surface area is 739 Å². The number of hydrogen-bond donors (Lipinski definition) is 4. The van der Waals surface area contributed by atoms with Gasteiger partial charge in [0.15, 0.2) is 8.32 Å². The number of amides is 12. The van der Waals surface area contributed by atoms with Crippen molar-refractivity contribution in [3.05, 3.63) is 318 Å². The van der Waals surface area contributed by atoms with Crippen LogP contribution in [0.1, 0.15) is 196 Å². The van der Waals surface area contributed by atoms with Crippen molar-refractivity contribution in [2.75, 3.05) is 71.3 Å². The van der Waals surface area contributed by atoms with Gasteiger partial charge in [-0.05, 0) is 256 Å². The normalized spacial score (nSPS) is 13.7. The van der Waals surface area contributed by atoms with Crippen molar-refractivity contribution in [2.24, 2.45) is 0 Å². The molecule has 4 aliphatic rings. The van der Waals surface area contributed by atoms with Crippen molar-refractivity contribution >= 4 is 137 Å². The lowest BCUT2D eigenvalue weighted by Crippen LogP contribution is -2.50. The lowest BCUT2D eigenvalue weighted by atomic mass is 9.88. The molecular formula is C98H108N8O16Si4. The number of carbonyl (C=O) groups is 12. The molecule has 0 spiro atoms. The molecule has 4 N–H and O–H groups in total. The van der Waals surface area contributed by atoms with E-state index in [1.165, 1.54) is 101 Å². The summed E-state index contributed by atoms with van der Waals surface area (Å²) in [5.41, 5.74) is 12.9. The molecule has 0 aliphatic carbocycles. The predicted molar refractivity (Wildman–Crippen MR) is 500 cm³/mol. The molecule has 10 aromatic carbocycles. The standard InChI is InChI=1S/C28H30N2O4Si.C26H26N2O4Si.C25H32N2O4Si.C19H20N2O4Si/c1-17-13-19(15-20-8-12-25(18(2)14-20)35(5,6)34-4)7-11-24(17)30-27(32)22-10-9-21(26(31)29-3)16-23(22)28(30)33;1-27-24(29)19-9-14-22-23(16-19)26(31)28(25(22)30)20-10-5-17(6-11-20)15-18-7-12-21(13-8-18)33(3,4)32-2;1-24(2,17-10-9-11-18(15-17)25(3,4)32(7,8)31-6)27-22(29)19-13-12-16(21(28)26-5)14-20(19)23(27)30;1-20-17(22)12-5-10-15-16(11-12)19(24)21(18(15)23)13-6-8-14(9-7-13)26(3,4)25-2/h7-14,16H,15H2,1-6H3,(H,29,31);5-14,16H,15H2,1-4H3,(H,27,29);9-15H,1-8H3,(H,26,28);5-11H,1-4H3,(H,20,22). The van der Waals surface area contributed by atoms with Crippen LogP contribution in [0.3, 0.4) is 0 Å². The summed E-state index contributed by atoms with van der Waals surface area (Å²) in [4.78, 5) is 157. The molecule has 4 heterocycles. The first kappa shape index (κ1) is 94.0. The van der Waals surface area contributed by atoms with E-state index in [0.29, 0.717) is 61.6 Å². The van der Waals surface area contributed by atoms with Gasteiger partial charge in [0.05, 0.1) is 67.1 Å². The minimum Gasteiger partial charge on any atom is -0.420 e. The zero-order valence-electron chi connectivity index (χ0n) is 75.4. The first-order valence-corrected chi connectivity index (χ1v) is 52.8. The molecule has 14 rings (SSSR count). The SMILES string of the molecule is CNC(=O)c1ccc2c(c1)C(=O)N(C(C)(C)c1cccc(C(C)(C)[Si](C)(C)OC)c1)C2=O.CNC(=O)c1ccc2c(c1)C(=O)N(c1ccc(Cc3ccc([Si](C)(C)OC)c(C)c3)cc1C)C2=O.CNC(=O)c1ccc2c(c1)C(=O)N(c1ccc(Cc3ccc([Si](C)(C)OC)cc3)cc1)C2=O.CNC(=O)c1ccc2c(c1)C(=O)N(c1ccc([Si](C)(C)OC)cc1)C2=O. The quantitative estimate of drug-likeness (QED) is 0.0362. The molecule has 0 aromatic heterocycles. The average Bonchev–Trinajstić information content (AvgIpc) is 1.58. The Morgan fingerprint density at radius 1 is 0.325 bits per heavy atom.